The first-order chi connectivity index (χ1) is 10.4. The fraction of sp³-hybridized carbons (Fsp3) is 0.429. The van der Waals surface area contributed by atoms with Crippen LogP contribution >= 0.6 is 0 Å². The van der Waals surface area contributed by atoms with Crippen molar-refractivity contribution >= 4 is 22.7 Å². The Morgan fingerprint density at radius 1 is 1.19 bits per heavy atom. The van der Waals surface area contributed by atoms with E-state index in [1.807, 2.05) is 24.3 Å². The van der Waals surface area contributed by atoms with Gasteiger partial charge in [0.2, 0.25) is 5.95 Å². The highest BCUT2D eigenvalue weighted by molar-refractivity contribution is 5.89. The van der Waals surface area contributed by atoms with Crippen LogP contribution in [0.2, 0.25) is 0 Å². The van der Waals surface area contributed by atoms with Crippen LogP contribution in [0.5, 0.6) is 0 Å². The Morgan fingerprint density at radius 3 is 2.81 bits per heavy atom. The summed E-state index contributed by atoms with van der Waals surface area (Å²) in [4.78, 5) is 11.1. The highest BCUT2D eigenvalue weighted by Crippen LogP contribution is 2.21. The second kappa shape index (κ2) is 6.66. The molecule has 0 saturated carbocycles. The van der Waals surface area contributed by atoms with Gasteiger partial charge in [0.05, 0.1) is 18.7 Å². The number of ether oxygens (including phenoxy) is 1. The van der Waals surface area contributed by atoms with Gasteiger partial charge in [-0.3, -0.25) is 10.3 Å². The smallest absolute Gasteiger partial charge is 0.239 e. The number of nitrogens with one attached hydrogen (secondary N) is 2. The van der Waals surface area contributed by atoms with Gasteiger partial charge in [-0.1, -0.05) is 12.1 Å². The number of aromatic nitrogens is 2. The second-order valence-electron chi connectivity index (χ2n) is 4.94. The van der Waals surface area contributed by atoms with Crippen molar-refractivity contribution in [3.63, 3.8) is 0 Å². The van der Waals surface area contributed by atoms with Crippen molar-refractivity contribution in [2.75, 3.05) is 50.1 Å². The zero-order valence-electron chi connectivity index (χ0n) is 11.9. The van der Waals surface area contributed by atoms with Gasteiger partial charge in [0, 0.05) is 31.6 Å². The molecule has 0 spiro atoms. The summed E-state index contributed by atoms with van der Waals surface area (Å²) in [6, 6.07) is 7.89. The molecule has 1 fully saturated rings. The predicted octanol–water partition coefficient (Wildman–Crippen LogP) is 0.659. The number of para-hydroxylation sites is 1. The van der Waals surface area contributed by atoms with Crippen molar-refractivity contribution in [1.82, 2.24) is 14.9 Å². The lowest BCUT2D eigenvalue weighted by molar-refractivity contribution is 0.0398. The van der Waals surface area contributed by atoms with Crippen molar-refractivity contribution < 1.29 is 4.74 Å². The Bertz CT molecular complexity index is 599. The number of hydrogen-bond acceptors (Lipinski definition) is 7. The Morgan fingerprint density at radius 2 is 2.00 bits per heavy atom. The molecule has 112 valence electrons. The molecule has 1 aromatic heterocycles. The molecule has 4 N–H and O–H groups in total. The van der Waals surface area contributed by atoms with Crippen molar-refractivity contribution in [2.24, 2.45) is 5.84 Å². The molecule has 2 heterocycles. The van der Waals surface area contributed by atoms with Gasteiger partial charge in [-0.15, -0.1) is 0 Å². The highest BCUT2D eigenvalue weighted by Gasteiger charge is 2.10. The van der Waals surface area contributed by atoms with E-state index in [4.69, 9.17) is 10.6 Å². The van der Waals surface area contributed by atoms with Gasteiger partial charge < -0.3 is 10.1 Å². The van der Waals surface area contributed by atoms with Crippen LogP contribution in [0.4, 0.5) is 11.8 Å². The number of hydrogen-bond donors (Lipinski definition) is 3. The van der Waals surface area contributed by atoms with Crippen LogP contribution < -0.4 is 16.6 Å². The summed E-state index contributed by atoms with van der Waals surface area (Å²) >= 11 is 0. The van der Waals surface area contributed by atoms with Crippen LogP contribution in [0.25, 0.3) is 10.9 Å². The number of benzene rings is 1. The number of nitrogens with zero attached hydrogens (tertiary/aromatic N) is 3. The molecule has 0 atom stereocenters. The molecule has 7 heteroatoms. The summed E-state index contributed by atoms with van der Waals surface area (Å²) < 4.78 is 5.35. The van der Waals surface area contributed by atoms with Crippen LogP contribution in [0.3, 0.4) is 0 Å². The lowest BCUT2D eigenvalue weighted by atomic mass is 10.2. The van der Waals surface area contributed by atoms with Crippen LogP contribution in [-0.4, -0.2) is 54.3 Å². The van der Waals surface area contributed by atoms with E-state index in [-0.39, 0.29) is 0 Å². The number of fused-ring (bicyclic) bond motifs is 1. The third-order valence-corrected chi connectivity index (χ3v) is 3.56. The Hall–Kier alpha value is -1.96. The molecule has 1 aromatic carbocycles. The summed E-state index contributed by atoms with van der Waals surface area (Å²) in [5.41, 5.74) is 3.38. The standard InChI is InChI=1S/C14H20N6O/c15-19-14-17-12-4-2-1-3-11(12)13(18-14)16-5-6-20-7-9-21-10-8-20/h1-4H,5-10,15H2,(H2,16,17,18,19). The van der Waals surface area contributed by atoms with Crippen LogP contribution in [-0.2, 0) is 4.74 Å². The Kier molecular flexibility index (Phi) is 4.44. The second-order valence-corrected chi connectivity index (χ2v) is 4.94. The Balaban J connectivity index is 1.70. The Labute approximate surface area is 123 Å². The predicted molar refractivity (Wildman–Crippen MR) is 83.1 cm³/mol. The molecule has 1 saturated heterocycles. The number of nitrogens with two attached hydrogens (primary N) is 1. The van der Waals surface area contributed by atoms with E-state index >= 15 is 0 Å². The van der Waals surface area contributed by atoms with Gasteiger partial charge in [0.1, 0.15) is 5.82 Å². The third kappa shape index (κ3) is 3.38. The van der Waals surface area contributed by atoms with E-state index in [1.165, 1.54) is 0 Å². The topological polar surface area (TPSA) is 88.3 Å². The fourth-order valence-electron chi connectivity index (χ4n) is 2.43. The molecule has 0 bridgehead atoms. The summed E-state index contributed by atoms with van der Waals surface area (Å²) in [5, 5.41) is 4.38. The zero-order valence-corrected chi connectivity index (χ0v) is 11.9. The normalized spacial score (nSPS) is 16.0. The summed E-state index contributed by atoms with van der Waals surface area (Å²) in [7, 11) is 0. The van der Waals surface area contributed by atoms with E-state index in [2.05, 4.69) is 25.6 Å². The van der Waals surface area contributed by atoms with Gasteiger partial charge in [0.15, 0.2) is 0 Å². The first-order valence-electron chi connectivity index (χ1n) is 7.14. The summed E-state index contributed by atoms with van der Waals surface area (Å²) in [6.45, 7) is 5.40. The largest absolute Gasteiger partial charge is 0.379 e. The first kappa shape index (κ1) is 14.0. The lowest BCUT2D eigenvalue weighted by Crippen LogP contribution is -2.39. The van der Waals surface area contributed by atoms with E-state index in [9.17, 15) is 0 Å². The molecule has 7 nitrogen and oxygen atoms in total. The SMILES string of the molecule is NNc1nc(NCCN2CCOCC2)c2ccccc2n1. The number of nitrogen functional groups attached to an aromatic ring is 1. The van der Waals surface area contributed by atoms with Gasteiger partial charge in [-0.05, 0) is 12.1 Å². The maximum absolute atomic E-state index is 5.43. The van der Waals surface area contributed by atoms with E-state index < -0.39 is 0 Å². The van der Waals surface area contributed by atoms with Gasteiger partial charge in [-0.2, -0.15) is 4.98 Å². The molecular weight excluding hydrogens is 268 g/mol. The molecule has 0 aliphatic carbocycles. The van der Waals surface area contributed by atoms with Crippen LogP contribution in [0.15, 0.2) is 24.3 Å². The fourth-order valence-corrected chi connectivity index (χ4v) is 2.43. The molecule has 0 radical (unpaired) electrons. The van der Waals surface area contributed by atoms with Crippen molar-refractivity contribution in [2.45, 2.75) is 0 Å². The minimum absolute atomic E-state index is 0.419. The molecule has 21 heavy (non-hydrogen) atoms. The molecule has 0 unspecified atom stereocenters. The average molecular weight is 288 g/mol. The molecule has 3 rings (SSSR count). The minimum atomic E-state index is 0.419. The minimum Gasteiger partial charge on any atom is -0.379 e. The summed E-state index contributed by atoms with van der Waals surface area (Å²) in [5.74, 6) is 6.66. The maximum Gasteiger partial charge on any atom is 0.239 e. The summed E-state index contributed by atoms with van der Waals surface area (Å²) in [6.07, 6.45) is 0. The molecule has 2 aromatic rings. The number of morpholine rings is 1. The highest BCUT2D eigenvalue weighted by atomic mass is 16.5. The molecule has 0 amide bonds. The first-order valence-corrected chi connectivity index (χ1v) is 7.14. The third-order valence-electron chi connectivity index (χ3n) is 3.56. The van der Waals surface area contributed by atoms with E-state index in [1.54, 1.807) is 0 Å². The molecule has 1 aliphatic heterocycles. The number of hydrazine groups is 1. The van der Waals surface area contributed by atoms with Crippen LogP contribution in [0.1, 0.15) is 0 Å². The zero-order chi connectivity index (χ0) is 14.5. The monoisotopic (exact) mass is 288 g/mol. The molecule has 1 aliphatic rings. The van der Waals surface area contributed by atoms with Gasteiger partial charge >= 0.3 is 0 Å². The van der Waals surface area contributed by atoms with Crippen LogP contribution in [0, 0.1) is 0 Å². The van der Waals surface area contributed by atoms with Crippen molar-refractivity contribution in [1.29, 1.82) is 0 Å². The van der Waals surface area contributed by atoms with Crippen molar-refractivity contribution in [3.05, 3.63) is 24.3 Å². The average Bonchev–Trinajstić information content (AvgIpc) is 2.55. The maximum atomic E-state index is 5.43. The van der Waals surface area contributed by atoms with E-state index in [0.29, 0.717) is 5.95 Å². The van der Waals surface area contributed by atoms with Gasteiger partial charge in [-0.25, -0.2) is 10.8 Å². The van der Waals surface area contributed by atoms with E-state index in [0.717, 1.165) is 56.1 Å². The molecular formula is C14H20N6O. The van der Waals surface area contributed by atoms with Gasteiger partial charge in [0.25, 0.3) is 0 Å². The quantitative estimate of drug-likeness (QED) is 0.550. The number of rotatable bonds is 5. The number of anilines is 2. The van der Waals surface area contributed by atoms with Crippen molar-refractivity contribution in [3.8, 4) is 0 Å². The lowest BCUT2D eigenvalue weighted by Gasteiger charge is -2.26.